The maximum absolute atomic E-state index is 15.6. The van der Waals surface area contributed by atoms with Crippen molar-refractivity contribution in [3.05, 3.63) is 188 Å². The van der Waals surface area contributed by atoms with E-state index in [-0.39, 0.29) is 29.2 Å². The molecule has 5 aromatic carbocycles. The first-order valence-electron chi connectivity index (χ1n) is 34.4. The highest BCUT2D eigenvalue weighted by Gasteiger charge is 2.50. The number of carbonyl (C=O) groups excluding carboxylic acids is 2. The molecule has 2 amide bonds. The highest BCUT2D eigenvalue weighted by atomic mass is 32.1. The molecule has 0 spiro atoms. The summed E-state index contributed by atoms with van der Waals surface area (Å²) in [6, 6.07) is 49.1. The van der Waals surface area contributed by atoms with Crippen LogP contribution in [-0.4, -0.2) is 65.0 Å². The number of unbranched alkanes of at least 4 members (excludes halogenated alkanes) is 8. The van der Waals surface area contributed by atoms with Gasteiger partial charge in [-0.25, -0.2) is 4.79 Å². The van der Waals surface area contributed by atoms with E-state index in [1.165, 1.54) is 61.9 Å². The summed E-state index contributed by atoms with van der Waals surface area (Å²) in [4.78, 5) is 53.4. The van der Waals surface area contributed by atoms with Crippen LogP contribution in [0.25, 0.3) is 43.9 Å². The molecule has 3 aliphatic heterocycles. The van der Waals surface area contributed by atoms with Gasteiger partial charge in [-0.2, -0.15) is 0 Å². The second kappa shape index (κ2) is 30.8. The van der Waals surface area contributed by atoms with Gasteiger partial charge in [-0.05, 0) is 180 Å². The van der Waals surface area contributed by atoms with Gasteiger partial charge in [0, 0.05) is 46.2 Å². The molecule has 1 N–H and O–H groups in total. The van der Waals surface area contributed by atoms with E-state index in [0.29, 0.717) is 41.9 Å². The summed E-state index contributed by atoms with van der Waals surface area (Å²) in [6.07, 6.45) is 23.4. The fraction of sp³-hybridized carbons (Fsp3) is 0.412. The lowest BCUT2D eigenvalue weighted by atomic mass is 9.95. The summed E-state index contributed by atoms with van der Waals surface area (Å²) in [5.41, 5.74) is 13.2. The lowest BCUT2D eigenvalue weighted by Gasteiger charge is -2.29. The zero-order chi connectivity index (χ0) is 63.4. The zero-order valence-corrected chi connectivity index (χ0v) is 56.2. The number of rotatable bonds is 33. The molecule has 4 aliphatic rings. The number of carbonyl (C=O) groups is 3. The lowest BCUT2D eigenvalue weighted by Crippen LogP contribution is -2.34. The number of ether oxygens (including phenoxy) is 2. The van der Waals surface area contributed by atoms with Crippen molar-refractivity contribution in [1.29, 1.82) is 0 Å². The van der Waals surface area contributed by atoms with E-state index in [0.717, 1.165) is 160 Å². The molecule has 0 bridgehead atoms. The van der Waals surface area contributed by atoms with Crippen LogP contribution in [0.3, 0.4) is 0 Å². The summed E-state index contributed by atoms with van der Waals surface area (Å²) < 4.78 is 12.4. The van der Waals surface area contributed by atoms with E-state index in [2.05, 4.69) is 156 Å². The van der Waals surface area contributed by atoms with Gasteiger partial charge >= 0.3 is 5.97 Å². The molecule has 5 heterocycles. The van der Waals surface area contributed by atoms with Crippen molar-refractivity contribution in [3.63, 3.8) is 0 Å². The number of amides is 2. The fourth-order valence-corrected chi connectivity index (χ4v) is 16.2. The van der Waals surface area contributed by atoms with Gasteiger partial charge < -0.3 is 29.3 Å². The average Bonchev–Trinajstić information content (AvgIpc) is 1.56. The summed E-state index contributed by atoms with van der Waals surface area (Å²) in [5, 5.41) is 9.65. The van der Waals surface area contributed by atoms with E-state index < -0.39 is 5.97 Å². The largest absolute Gasteiger partial charge is 0.494 e. The maximum Gasteiger partial charge on any atom is 0.335 e. The fourth-order valence-electron chi connectivity index (χ4n) is 14.1. The molecule has 4 unspecified atom stereocenters. The van der Waals surface area contributed by atoms with Crippen LogP contribution < -0.4 is 14.4 Å². The van der Waals surface area contributed by atoms with Crippen molar-refractivity contribution in [2.45, 2.75) is 175 Å². The molecule has 1 aliphatic carbocycles. The molecular formula is C80H93N3O6S2. The average molecular weight is 1260 g/mol. The van der Waals surface area contributed by atoms with Gasteiger partial charge in [0.15, 0.2) is 0 Å². The molecule has 0 radical (unpaired) electrons. The molecule has 1 fully saturated rings. The monoisotopic (exact) mass is 1260 g/mol. The third kappa shape index (κ3) is 14.6. The summed E-state index contributed by atoms with van der Waals surface area (Å²) in [5.74, 6) is 1.61. The summed E-state index contributed by atoms with van der Waals surface area (Å²) >= 11 is 3.25. The van der Waals surface area contributed by atoms with Crippen LogP contribution in [0.2, 0.25) is 0 Å². The van der Waals surface area contributed by atoms with E-state index in [4.69, 9.17) is 9.47 Å². The van der Waals surface area contributed by atoms with Gasteiger partial charge in [-0.1, -0.05) is 180 Å². The Bertz CT molecular complexity index is 3660. The first-order valence-corrected chi connectivity index (χ1v) is 36.1. The number of thiophene rings is 2. The number of carboxylic acids is 1. The van der Waals surface area contributed by atoms with Crippen molar-refractivity contribution in [2.75, 3.05) is 31.2 Å². The molecular weight excluding hydrogens is 1160 g/mol. The number of benzene rings is 5. The highest BCUT2D eigenvalue weighted by molar-refractivity contribution is 7.17. The number of fused-ring (bicyclic) bond motifs is 4. The number of nitrogens with zero attached hydrogens (tertiary/aromatic N) is 3. The molecule has 476 valence electrons. The number of carboxylic acid groups (broad SMARTS) is 1. The Hall–Kier alpha value is -7.47. The lowest BCUT2D eigenvalue weighted by molar-refractivity contribution is -0.124. The van der Waals surface area contributed by atoms with E-state index in [1.807, 2.05) is 34.1 Å². The SMILES string of the molecule is CCCCCCOc1ccc(C(=Cc2ccc(N3c4ccc(-c5ccc(C6=C7C(=O)N(CC(CC)CCCC)C(c8ccc(-c9ccc(C(=O)O)cc9)s8)=C7C(=O)N6CC(CC)CCCC)s5)cc4C4CCCC43)cc2)c2ccc(OCCCCCC)cc2)cc1. The Balaban J connectivity index is 0.909. The van der Waals surface area contributed by atoms with Crippen molar-refractivity contribution in [1.82, 2.24) is 9.80 Å². The van der Waals surface area contributed by atoms with Crippen LogP contribution in [0, 0.1) is 11.8 Å². The maximum atomic E-state index is 15.6. The number of aromatic carboxylic acids is 1. The van der Waals surface area contributed by atoms with Crippen molar-refractivity contribution in [3.8, 4) is 32.4 Å². The van der Waals surface area contributed by atoms with Gasteiger partial charge in [0.25, 0.3) is 11.8 Å². The molecule has 2 aromatic heterocycles. The second-order valence-corrected chi connectivity index (χ2v) is 27.8. The third-order valence-corrected chi connectivity index (χ3v) is 21.7. The van der Waals surface area contributed by atoms with Gasteiger partial charge in [0.1, 0.15) is 11.5 Å². The highest BCUT2D eigenvalue weighted by Crippen LogP contribution is 2.55. The topological polar surface area (TPSA) is 99.6 Å². The summed E-state index contributed by atoms with van der Waals surface area (Å²) in [6.45, 7) is 15.9. The van der Waals surface area contributed by atoms with Crippen LogP contribution in [-0.2, 0) is 9.59 Å². The van der Waals surface area contributed by atoms with E-state index in [9.17, 15) is 9.90 Å². The number of anilines is 2. The van der Waals surface area contributed by atoms with Crippen molar-refractivity contribution >= 4 is 74.9 Å². The van der Waals surface area contributed by atoms with Crippen LogP contribution in [0.1, 0.15) is 212 Å². The minimum atomic E-state index is -0.968. The quantitative estimate of drug-likeness (QED) is 0.0323. The van der Waals surface area contributed by atoms with Crippen LogP contribution in [0.15, 0.2) is 151 Å². The molecule has 11 heteroatoms. The number of hydrogen-bond acceptors (Lipinski definition) is 8. The third-order valence-electron chi connectivity index (χ3n) is 19.4. The van der Waals surface area contributed by atoms with Crippen LogP contribution in [0.4, 0.5) is 11.4 Å². The minimum absolute atomic E-state index is 0.0923. The Labute approximate surface area is 549 Å². The Kier molecular flexibility index (Phi) is 22.0. The zero-order valence-electron chi connectivity index (χ0n) is 54.6. The smallest absolute Gasteiger partial charge is 0.335 e. The second-order valence-electron chi connectivity index (χ2n) is 25.6. The normalized spacial score (nSPS) is 16.7. The van der Waals surface area contributed by atoms with Gasteiger partial charge in [0.2, 0.25) is 0 Å². The first kappa shape index (κ1) is 65.0. The molecule has 0 saturated heterocycles. The minimum Gasteiger partial charge on any atom is -0.494 e. The standard InChI is InChI=1S/C80H93N3O6S2/c1-7-13-17-19-48-88-63-39-32-57(33-40-63)66(58-34-41-64(42-35-58)89-49-20-18-14-8-2)50-56-26-37-62(38-27-56)83-68-25-21-24-65(68)67-51-61(36-43-69(67)83)71-45-47-73(91-71)77-75-74(78(84)82(77)53-55(12-6)23-16-10-4)76(81(79(75)85)52-54(11-5)22-15-9-3)72-46-44-70(90-72)59-28-30-60(31-29-59)80(86)87/h26-47,50-51,54-55,65,68H,7-25,48-49,52-53H2,1-6H3,(H,86,87). The molecule has 91 heavy (non-hydrogen) atoms. The van der Waals surface area contributed by atoms with Gasteiger partial charge in [-0.15, -0.1) is 22.7 Å². The van der Waals surface area contributed by atoms with Gasteiger partial charge in [-0.3, -0.25) is 9.59 Å². The molecule has 4 atom stereocenters. The van der Waals surface area contributed by atoms with Crippen LogP contribution in [0.5, 0.6) is 11.5 Å². The Morgan fingerprint density at radius 1 is 0.538 bits per heavy atom. The van der Waals surface area contributed by atoms with Crippen molar-refractivity contribution in [2.24, 2.45) is 11.8 Å². The van der Waals surface area contributed by atoms with E-state index >= 15 is 9.59 Å². The predicted octanol–water partition coefficient (Wildman–Crippen LogP) is 21.4. The Morgan fingerprint density at radius 3 is 1.52 bits per heavy atom. The molecule has 7 aromatic rings. The Morgan fingerprint density at radius 2 is 1.02 bits per heavy atom. The molecule has 9 nitrogen and oxygen atoms in total. The van der Waals surface area contributed by atoms with Gasteiger partial charge in [0.05, 0.1) is 51.1 Å². The number of hydrogen-bond donors (Lipinski definition) is 1. The summed E-state index contributed by atoms with van der Waals surface area (Å²) in [7, 11) is 0. The van der Waals surface area contributed by atoms with E-state index in [1.54, 1.807) is 34.8 Å². The van der Waals surface area contributed by atoms with Crippen molar-refractivity contribution < 1.29 is 29.0 Å². The molecule has 1 saturated carbocycles. The molecule has 11 rings (SSSR count). The predicted molar refractivity (Wildman–Crippen MR) is 378 cm³/mol. The first-order chi connectivity index (χ1) is 44.5. The van der Waals surface area contributed by atoms with Crippen LogP contribution >= 0.6 is 22.7 Å².